The van der Waals surface area contributed by atoms with Crippen LogP contribution >= 0.6 is 24.0 Å². The maximum atomic E-state index is 5.54. The molecule has 134 valence electrons. The Morgan fingerprint density at radius 1 is 1.35 bits per heavy atom. The lowest BCUT2D eigenvalue weighted by Crippen LogP contribution is -2.38. The minimum Gasteiger partial charge on any atom is -0.381 e. The summed E-state index contributed by atoms with van der Waals surface area (Å²) in [6, 6.07) is 0. The van der Waals surface area contributed by atoms with Crippen LogP contribution in [0.3, 0.4) is 0 Å². The van der Waals surface area contributed by atoms with Gasteiger partial charge in [0.1, 0.15) is 0 Å². The van der Waals surface area contributed by atoms with Gasteiger partial charge in [0.05, 0.1) is 0 Å². The molecular formula is C15H30IN5O2. The number of ether oxygens (including phenoxy) is 1. The number of guanidine groups is 1. The van der Waals surface area contributed by atoms with E-state index >= 15 is 0 Å². The van der Waals surface area contributed by atoms with Crippen LogP contribution in [0, 0.1) is 12.8 Å². The second-order valence-electron chi connectivity index (χ2n) is 5.50. The van der Waals surface area contributed by atoms with E-state index in [0.717, 1.165) is 38.7 Å². The van der Waals surface area contributed by atoms with Crippen LogP contribution < -0.4 is 10.6 Å². The standard InChI is InChI=1S/C15H29N5O2.HI/c1-5-16-15(17-8-6-10-21-11-12(2)3)18-9-7-14-19-13(4)20-22-14;/h12H,5-11H2,1-4H3,(H2,16,17,18);1H. The predicted octanol–water partition coefficient (Wildman–Crippen LogP) is 2.16. The molecule has 0 aliphatic heterocycles. The van der Waals surface area contributed by atoms with E-state index in [1.807, 2.05) is 13.8 Å². The van der Waals surface area contributed by atoms with Crippen molar-refractivity contribution in [3.63, 3.8) is 0 Å². The average molecular weight is 439 g/mol. The molecule has 1 heterocycles. The molecule has 0 radical (unpaired) electrons. The molecule has 0 fully saturated rings. The SMILES string of the molecule is CCNC(=NCCCOCC(C)C)NCCc1nc(C)no1.I. The molecule has 0 amide bonds. The molecular weight excluding hydrogens is 409 g/mol. The van der Waals surface area contributed by atoms with Gasteiger partial charge in [0.15, 0.2) is 11.8 Å². The van der Waals surface area contributed by atoms with Gasteiger partial charge in [-0.25, -0.2) is 0 Å². The highest BCUT2D eigenvalue weighted by Gasteiger charge is 2.03. The summed E-state index contributed by atoms with van der Waals surface area (Å²) in [5.74, 6) is 2.69. The molecule has 0 bridgehead atoms. The summed E-state index contributed by atoms with van der Waals surface area (Å²) in [6.07, 6.45) is 1.61. The number of nitrogens with one attached hydrogen (secondary N) is 2. The van der Waals surface area contributed by atoms with Gasteiger partial charge >= 0.3 is 0 Å². The highest BCUT2D eigenvalue weighted by Crippen LogP contribution is 1.96. The average Bonchev–Trinajstić information content (AvgIpc) is 2.88. The van der Waals surface area contributed by atoms with Gasteiger partial charge in [-0.1, -0.05) is 19.0 Å². The Bertz CT molecular complexity index is 437. The molecule has 0 spiro atoms. The number of halogens is 1. The molecule has 0 aliphatic rings. The zero-order chi connectivity index (χ0) is 16.2. The zero-order valence-corrected chi connectivity index (χ0v) is 16.9. The van der Waals surface area contributed by atoms with Crippen LogP contribution in [0.15, 0.2) is 9.52 Å². The first-order valence-corrected chi connectivity index (χ1v) is 8.01. The van der Waals surface area contributed by atoms with Crippen molar-refractivity contribution in [2.45, 2.75) is 40.5 Å². The molecule has 1 rings (SSSR count). The van der Waals surface area contributed by atoms with Crippen molar-refractivity contribution >= 4 is 29.9 Å². The van der Waals surface area contributed by atoms with E-state index in [1.54, 1.807) is 0 Å². The number of aryl methyl sites for hydroxylation is 1. The summed E-state index contributed by atoms with van der Waals surface area (Å²) in [7, 11) is 0. The second kappa shape index (κ2) is 13.5. The quantitative estimate of drug-likeness (QED) is 0.252. The summed E-state index contributed by atoms with van der Waals surface area (Å²) < 4.78 is 10.6. The molecule has 1 aromatic rings. The minimum atomic E-state index is 0. The third-order valence-electron chi connectivity index (χ3n) is 2.71. The van der Waals surface area contributed by atoms with Gasteiger partial charge in [0.2, 0.25) is 5.89 Å². The van der Waals surface area contributed by atoms with Crippen LogP contribution in [0.4, 0.5) is 0 Å². The van der Waals surface area contributed by atoms with Gasteiger partial charge < -0.3 is 19.9 Å². The molecule has 7 nitrogen and oxygen atoms in total. The number of aliphatic imine (C=N–C) groups is 1. The molecule has 23 heavy (non-hydrogen) atoms. The number of nitrogens with zero attached hydrogens (tertiary/aromatic N) is 3. The van der Waals surface area contributed by atoms with E-state index in [4.69, 9.17) is 9.26 Å². The number of hydrogen-bond donors (Lipinski definition) is 2. The lowest BCUT2D eigenvalue weighted by atomic mass is 10.2. The fourth-order valence-corrected chi connectivity index (χ4v) is 1.75. The van der Waals surface area contributed by atoms with E-state index in [-0.39, 0.29) is 24.0 Å². The summed E-state index contributed by atoms with van der Waals surface area (Å²) in [4.78, 5) is 8.68. The molecule has 0 unspecified atom stereocenters. The Balaban J connectivity index is 0.00000484. The Hall–Kier alpha value is -0.900. The summed E-state index contributed by atoms with van der Waals surface area (Å²) in [5.41, 5.74) is 0. The fourth-order valence-electron chi connectivity index (χ4n) is 1.75. The third kappa shape index (κ3) is 11.3. The van der Waals surface area contributed by atoms with Crippen molar-refractivity contribution < 1.29 is 9.26 Å². The monoisotopic (exact) mass is 439 g/mol. The first kappa shape index (κ1) is 22.1. The Labute approximate surface area is 156 Å². The lowest BCUT2D eigenvalue weighted by molar-refractivity contribution is 0.109. The first-order chi connectivity index (χ1) is 10.6. The highest BCUT2D eigenvalue weighted by molar-refractivity contribution is 14.0. The van der Waals surface area contributed by atoms with Gasteiger partial charge in [0, 0.05) is 39.3 Å². The Kier molecular flexibility index (Phi) is 13.0. The molecule has 0 saturated carbocycles. The fraction of sp³-hybridized carbons (Fsp3) is 0.800. The predicted molar refractivity (Wildman–Crippen MR) is 102 cm³/mol. The molecule has 0 aliphatic carbocycles. The second-order valence-corrected chi connectivity index (χ2v) is 5.50. The normalized spacial score (nSPS) is 11.4. The van der Waals surface area contributed by atoms with Gasteiger partial charge in [-0.3, -0.25) is 4.99 Å². The van der Waals surface area contributed by atoms with Crippen LogP contribution in [-0.2, 0) is 11.2 Å². The van der Waals surface area contributed by atoms with Gasteiger partial charge in [-0.15, -0.1) is 24.0 Å². The minimum absolute atomic E-state index is 0. The first-order valence-electron chi connectivity index (χ1n) is 8.01. The van der Waals surface area contributed by atoms with Crippen molar-refractivity contribution in [1.82, 2.24) is 20.8 Å². The molecule has 0 saturated heterocycles. The van der Waals surface area contributed by atoms with Crippen LogP contribution in [0.2, 0.25) is 0 Å². The van der Waals surface area contributed by atoms with Crippen LogP contribution in [-0.4, -0.2) is 48.9 Å². The maximum absolute atomic E-state index is 5.54. The molecule has 0 aromatic carbocycles. The molecule has 0 atom stereocenters. The van der Waals surface area contributed by atoms with Crippen molar-refractivity contribution in [3.05, 3.63) is 11.7 Å². The van der Waals surface area contributed by atoms with Crippen LogP contribution in [0.25, 0.3) is 0 Å². The Morgan fingerprint density at radius 2 is 2.13 bits per heavy atom. The highest BCUT2D eigenvalue weighted by atomic mass is 127. The summed E-state index contributed by atoms with van der Waals surface area (Å²) >= 11 is 0. The summed E-state index contributed by atoms with van der Waals surface area (Å²) in [6.45, 7) is 12.0. The van der Waals surface area contributed by atoms with Crippen molar-refractivity contribution in [3.8, 4) is 0 Å². The smallest absolute Gasteiger partial charge is 0.228 e. The molecule has 1 aromatic heterocycles. The van der Waals surface area contributed by atoms with Gasteiger partial charge in [0.25, 0.3) is 0 Å². The van der Waals surface area contributed by atoms with E-state index in [0.29, 0.717) is 30.6 Å². The number of aromatic nitrogens is 2. The third-order valence-corrected chi connectivity index (χ3v) is 2.71. The maximum Gasteiger partial charge on any atom is 0.228 e. The zero-order valence-electron chi connectivity index (χ0n) is 14.6. The van der Waals surface area contributed by atoms with Gasteiger partial charge in [-0.2, -0.15) is 4.98 Å². The molecule has 2 N–H and O–H groups in total. The lowest BCUT2D eigenvalue weighted by Gasteiger charge is -2.10. The van der Waals surface area contributed by atoms with Crippen LogP contribution in [0.1, 0.15) is 38.9 Å². The number of hydrogen-bond acceptors (Lipinski definition) is 5. The molecule has 8 heteroatoms. The van der Waals surface area contributed by atoms with Crippen molar-refractivity contribution in [2.24, 2.45) is 10.9 Å². The van der Waals surface area contributed by atoms with Crippen molar-refractivity contribution in [1.29, 1.82) is 0 Å². The Morgan fingerprint density at radius 3 is 2.74 bits per heavy atom. The number of rotatable bonds is 10. The van der Waals surface area contributed by atoms with Gasteiger partial charge in [-0.05, 0) is 26.2 Å². The van der Waals surface area contributed by atoms with E-state index in [9.17, 15) is 0 Å². The summed E-state index contributed by atoms with van der Waals surface area (Å²) in [5, 5.41) is 10.2. The largest absolute Gasteiger partial charge is 0.381 e. The van der Waals surface area contributed by atoms with E-state index in [2.05, 4.69) is 39.6 Å². The van der Waals surface area contributed by atoms with Crippen LogP contribution in [0.5, 0.6) is 0 Å². The topological polar surface area (TPSA) is 84.6 Å². The van der Waals surface area contributed by atoms with E-state index < -0.39 is 0 Å². The van der Waals surface area contributed by atoms with Crippen molar-refractivity contribution in [2.75, 3.05) is 32.8 Å². The van der Waals surface area contributed by atoms with E-state index in [1.165, 1.54) is 0 Å².